The Balaban J connectivity index is 0.00000136. The first-order chi connectivity index (χ1) is 25.8. The molecule has 3 aromatic carbocycles. The van der Waals surface area contributed by atoms with Gasteiger partial charge in [0.15, 0.2) is 0 Å². The first-order valence-corrected chi connectivity index (χ1v) is 19.8. The molecule has 5 atom stereocenters. The van der Waals surface area contributed by atoms with Crippen molar-refractivity contribution in [2.45, 2.75) is 89.7 Å². The highest BCUT2D eigenvalue weighted by Gasteiger charge is 2.50. The van der Waals surface area contributed by atoms with Gasteiger partial charge in [0.25, 0.3) is 5.91 Å². The summed E-state index contributed by atoms with van der Waals surface area (Å²) in [7, 11) is -4.55. The molecule has 54 heavy (non-hydrogen) atoms. The van der Waals surface area contributed by atoms with Crippen molar-refractivity contribution < 1.29 is 40.1 Å². The van der Waals surface area contributed by atoms with Crippen molar-refractivity contribution in [1.29, 1.82) is 0 Å². The minimum atomic E-state index is -5.79. The summed E-state index contributed by atoms with van der Waals surface area (Å²) < 4.78 is 72.6. The molecule has 14 heteroatoms. The number of rotatable bonds is 8. The van der Waals surface area contributed by atoms with Gasteiger partial charge in [-0.05, 0) is 77.3 Å². The second kappa shape index (κ2) is 16.7. The van der Waals surface area contributed by atoms with E-state index in [2.05, 4.69) is 26.4 Å². The Labute approximate surface area is 314 Å². The molecule has 3 aliphatic rings. The van der Waals surface area contributed by atoms with Crippen LogP contribution in [0.5, 0.6) is 5.75 Å². The lowest BCUT2D eigenvalue weighted by atomic mass is 9.85. The average Bonchev–Trinajstić information content (AvgIpc) is 4.00. The molecule has 4 aromatic rings. The highest BCUT2D eigenvalue weighted by molar-refractivity contribution is 7.88. The maximum Gasteiger partial charge on any atom is 0.534 e. The molecular weight excluding hydrogens is 722 g/mol. The predicted octanol–water partition coefficient (Wildman–Crippen LogP) is 9.40. The summed E-state index contributed by atoms with van der Waals surface area (Å²) in [6, 6.07) is 18.3. The smallest absolute Gasteiger partial charge is 0.453 e. The quantitative estimate of drug-likeness (QED) is 0.135. The third-order valence-corrected chi connectivity index (χ3v) is 11.0. The molecule has 2 heterocycles. The topological polar surface area (TPSA) is 131 Å². The molecule has 2 fully saturated rings. The number of ether oxygens (including phenoxy) is 1. The summed E-state index contributed by atoms with van der Waals surface area (Å²) in [6.07, 6.45) is 4.06. The van der Waals surface area contributed by atoms with Gasteiger partial charge in [0.05, 0.1) is 25.0 Å². The third kappa shape index (κ3) is 7.98. The lowest BCUT2D eigenvalue weighted by Gasteiger charge is -2.28. The highest BCUT2D eigenvalue weighted by Crippen LogP contribution is 2.58. The molecule has 0 spiro atoms. The summed E-state index contributed by atoms with van der Waals surface area (Å²) in [5.74, 6) is 0.339. The number of H-pyrrole nitrogens is 1. The molecule has 1 saturated heterocycles. The number of hydrogen-bond acceptors (Lipinski definition) is 7. The number of benzene rings is 3. The summed E-state index contributed by atoms with van der Waals surface area (Å²) in [5, 5.41) is 2.68. The first-order valence-electron chi connectivity index (χ1n) is 18.4. The van der Waals surface area contributed by atoms with E-state index < -0.39 is 27.8 Å². The minimum Gasteiger partial charge on any atom is -0.453 e. The number of halogens is 3. The number of amides is 2. The van der Waals surface area contributed by atoms with Gasteiger partial charge in [-0.15, -0.1) is 0 Å². The van der Waals surface area contributed by atoms with E-state index in [1.807, 2.05) is 58.0 Å². The van der Waals surface area contributed by atoms with E-state index in [0.717, 1.165) is 47.2 Å². The minimum absolute atomic E-state index is 0.0555. The molecule has 1 saturated carbocycles. The molecule has 2 bridgehead atoms. The second-order valence-corrected chi connectivity index (χ2v) is 14.8. The van der Waals surface area contributed by atoms with Crippen LogP contribution in [0.2, 0.25) is 0 Å². The Kier molecular flexibility index (Phi) is 12.4. The van der Waals surface area contributed by atoms with Crippen molar-refractivity contribution in [2.24, 2.45) is 5.92 Å². The standard InChI is InChI=1S/C36H35F3N4O6S.2C2H6/c1-20-16-28(43(19-20)34(44)32(42-35(45)48-2)23-6-4-3-5-7-23)33-40-18-27(41-33)22-10-8-21(9-11-22)26-14-15-29(49-50(46,47)36(37,38)39)31-25-13-12-24(17-25)30(26)31;2*1-2/h3-11,14-15,18,20,24-25,28,32H,12-13,16-17,19H2,1-2H3,(H,40,41)(H,42,45);2*1-2H3. The van der Waals surface area contributed by atoms with Gasteiger partial charge in [-0.25, -0.2) is 9.78 Å². The van der Waals surface area contributed by atoms with E-state index in [1.54, 1.807) is 41.4 Å². The van der Waals surface area contributed by atoms with Gasteiger partial charge in [0.2, 0.25) is 0 Å². The summed E-state index contributed by atoms with van der Waals surface area (Å²) in [5.41, 5.74) is -0.241. The highest BCUT2D eigenvalue weighted by atomic mass is 32.2. The Hall–Kier alpha value is -4.85. The van der Waals surface area contributed by atoms with Crippen LogP contribution >= 0.6 is 0 Å². The molecule has 2 N–H and O–H groups in total. The predicted molar refractivity (Wildman–Crippen MR) is 200 cm³/mol. The number of aromatic amines is 1. The van der Waals surface area contributed by atoms with E-state index in [4.69, 9.17) is 4.74 Å². The number of carbonyl (C=O) groups is 2. The normalized spacial score (nSPS) is 20.5. The number of methoxy groups -OCH3 is 1. The number of likely N-dealkylation sites (tertiary alicyclic amines) is 1. The molecule has 1 aromatic heterocycles. The molecule has 2 aliphatic carbocycles. The molecule has 1 aliphatic heterocycles. The zero-order chi connectivity index (χ0) is 39.4. The Morgan fingerprint density at radius 3 is 2.17 bits per heavy atom. The molecule has 10 nitrogen and oxygen atoms in total. The van der Waals surface area contributed by atoms with Crippen LogP contribution in [0.4, 0.5) is 18.0 Å². The van der Waals surface area contributed by atoms with Gasteiger partial charge in [0.1, 0.15) is 17.6 Å². The van der Waals surface area contributed by atoms with Crippen molar-refractivity contribution in [3.05, 3.63) is 95.4 Å². The van der Waals surface area contributed by atoms with Crippen LogP contribution in [0.1, 0.15) is 107 Å². The van der Waals surface area contributed by atoms with Crippen LogP contribution in [-0.2, 0) is 19.6 Å². The number of nitrogens with one attached hydrogen (secondary N) is 2. The Morgan fingerprint density at radius 1 is 0.907 bits per heavy atom. The van der Waals surface area contributed by atoms with Crippen molar-refractivity contribution in [2.75, 3.05) is 13.7 Å². The van der Waals surface area contributed by atoms with Crippen LogP contribution in [0, 0.1) is 5.92 Å². The zero-order valence-corrected chi connectivity index (χ0v) is 32.1. The molecule has 2 amide bonds. The number of nitrogens with zero attached hydrogens (tertiary/aromatic N) is 2. The third-order valence-electron chi connectivity index (χ3n) is 10.0. The summed E-state index contributed by atoms with van der Waals surface area (Å²) >= 11 is 0. The van der Waals surface area contributed by atoms with E-state index in [0.29, 0.717) is 29.9 Å². The number of carbonyl (C=O) groups excluding carboxylic acids is 2. The van der Waals surface area contributed by atoms with Crippen LogP contribution in [0.3, 0.4) is 0 Å². The zero-order valence-electron chi connectivity index (χ0n) is 31.2. The summed E-state index contributed by atoms with van der Waals surface area (Å²) in [4.78, 5) is 36.0. The van der Waals surface area contributed by atoms with Crippen molar-refractivity contribution in [1.82, 2.24) is 20.2 Å². The second-order valence-electron chi connectivity index (χ2n) is 13.2. The fourth-order valence-corrected chi connectivity index (χ4v) is 8.26. The van der Waals surface area contributed by atoms with Crippen LogP contribution < -0.4 is 9.50 Å². The number of aromatic nitrogens is 2. The van der Waals surface area contributed by atoms with Crippen molar-refractivity contribution in [3.63, 3.8) is 0 Å². The largest absolute Gasteiger partial charge is 0.534 e. The molecule has 290 valence electrons. The van der Waals surface area contributed by atoms with Gasteiger partial charge >= 0.3 is 21.7 Å². The van der Waals surface area contributed by atoms with E-state index in [1.165, 1.54) is 13.2 Å². The van der Waals surface area contributed by atoms with Crippen molar-refractivity contribution in [3.8, 4) is 28.1 Å². The van der Waals surface area contributed by atoms with Gasteiger partial charge in [-0.2, -0.15) is 21.6 Å². The number of alkyl halides is 3. The van der Waals surface area contributed by atoms with Gasteiger partial charge in [0, 0.05) is 12.1 Å². The van der Waals surface area contributed by atoms with E-state index >= 15 is 0 Å². The average molecular weight is 769 g/mol. The lowest BCUT2D eigenvalue weighted by Crippen LogP contribution is -2.43. The first kappa shape index (κ1) is 40.3. The number of fused-ring (bicyclic) bond motifs is 5. The van der Waals surface area contributed by atoms with Crippen LogP contribution in [0.15, 0.2) is 72.9 Å². The molecular formula is C40H47F3N4O6S. The number of alkyl carbamates (subject to hydrolysis) is 1. The maximum absolute atomic E-state index is 14.0. The van der Waals surface area contributed by atoms with Gasteiger partial charge in [-0.1, -0.05) is 95.3 Å². The van der Waals surface area contributed by atoms with Crippen LogP contribution in [-0.4, -0.2) is 54.4 Å². The fourth-order valence-electron chi connectivity index (χ4n) is 7.78. The summed E-state index contributed by atoms with van der Waals surface area (Å²) in [6.45, 7) is 10.5. The number of hydrogen-bond donors (Lipinski definition) is 2. The van der Waals surface area contributed by atoms with Crippen molar-refractivity contribution >= 4 is 22.1 Å². The SMILES string of the molecule is CC.CC.COC(=O)NC(C(=O)N1CC(C)CC1c1ncc(-c2ccc(-c3ccc(OS(=O)(=O)C(F)(F)F)c4c3C3CCC4C3)cc2)[nH]1)c1ccccc1. The fraction of sp³-hybridized carbons (Fsp3) is 0.425. The van der Waals surface area contributed by atoms with Crippen LogP contribution in [0.25, 0.3) is 22.4 Å². The monoisotopic (exact) mass is 768 g/mol. The lowest BCUT2D eigenvalue weighted by molar-refractivity contribution is -0.134. The van der Waals surface area contributed by atoms with E-state index in [9.17, 15) is 31.2 Å². The Morgan fingerprint density at radius 2 is 1.54 bits per heavy atom. The molecule has 7 rings (SSSR count). The van der Waals surface area contributed by atoms with E-state index in [-0.39, 0.29) is 35.5 Å². The Bertz CT molecular complexity index is 2040. The number of imidazole rings is 1. The maximum atomic E-state index is 14.0. The molecule has 0 radical (unpaired) electrons. The molecule has 5 unspecified atom stereocenters. The van der Waals surface area contributed by atoms with Gasteiger partial charge < -0.3 is 24.1 Å². The van der Waals surface area contributed by atoms with Gasteiger partial charge in [-0.3, -0.25) is 4.79 Å².